The standard InChI is InChI=1S/C20H46N4O4/c1-21(2)13-17(25)19(27)15-23(5,6)11-9-10-12-24(7,8)16-20(28)18(26)14-22(3)4/h9-10,17-20,25-28H,11-16H2,1-8H3/q+2/b10-9+. The summed E-state index contributed by atoms with van der Waals surface area (Å²) in [5.74, 6) is 0. The molecular weight excluding hydrogens is 360 g/mol. The van der Waals surface area contributed by atoms with Crippen molar-refractivity contribution >= 4 is 0 Å². The molecule has 0 spiro atoms. The maximum absolute atomic E-state index is 10.2. The Morgan fingerprint density at radius 3 is 1.14 bits per heavy atom. The monoisotopic (exact) mass is 406 g/mol. The predicted octanol–water partition coefficient (Wildman–Crippen LogP) is -1.74. The summed E-state index contributed by atoms with van der Waals surface area (Å²) in [6.07, 6.45) is 1.09. The number of hydrogen-bond acceptors (Lipinski definition) is 6. The summed E-state index contributed by atoms with van der Waals surface area (Å²) in [7, 11) is 15.6. The van der Waals surface area contributed by atoms with E-state index in [1.54, 1.807) is 0 Å². The van der Waals surface area contributed by atoms with Crippen molar-refractivity contribution in [3.8, 4) is 0 Å². The highest BCUT2D eigenvalue weighted by Gasteiger charge is 2.27. The number of aliphatic hydroxyl groups is 4. The summed E-state index contributed by atoms with van der Waals surface area (Å²) in [6.45, 7) is 3.27. The molecule has 0 amide bonds. The van der Waals surface area contributed by atoms with Crippen molar-refractivity contribution in [2.24, 2.45) is 0 Å². The van der Waals surface area contributed by atoms with Gasteiger partial charge in [-0.15, -0.1) is 0 Å². The van der Waals surface area contributed by atoms with E-state index in [4.69, 9.17) is 0 Å². The molecule has 0 saturated heterocycles. The Labute approximate surface area is 172 Å². The van der Waals surface area contributed by atoms with Gasteiger partial charge < -0.3 is 39.2 Å². The maximum Gasteiger partial charge on any atom is 0.130 e. The molecule has 168 valence electrons. The number of aliphatic hydroxyl groups excluding tert-OH is 4. The van der Waals surface area contributed by atoms with E-state index in [2.05, 4.69) is 12.2 Å². The van der Waals surface area contributed by atoms with Crippen LogP contribution in [0.1, 0.15) is 0 Å². The van der Waals surface area contributed by atoms with Crippen LogP contribution in [0.3, 0.4) is 0 Å². The number of likely N-dealkylation sites (N-methyl/N-ethyl adjacent to an activating group) is 4. The van der Waals surface area contributed by atoms with Crippen molar-refractivity contribution in [2.45, 2.75) is 24.4 Å². The second-order valence-corrected chi connectivity index (χ2v) is 9.87. The largest absolute Gasteiger partial charge is 0.389 e. The van der Waals surface area contributed by atoms with Gasteiger partial charge in [0.15, 0.2) is 0 Å². The first-order valence-electron chi connectivity index (χ1n) is 9.96. The number of quaternary nitrogens is 2. The zero-order valence-corrected chi connectivity index (χ0v) is 19.3. The van der Waals surface area contributed by atoms with E-state index >= 15 is 0 Å². The van der Waals surface area contributed by atoms with E-state index in [0.29, 0.717) is 35.1 Å². The summed E-state index contributed by atoms with van der Waals surface area (Å²) in [5.41, 5.74) is 0. The van der Waals surface area contributed by atoms with Gasteiger partial charge in [-0.1, -0.05) is 0 Å². The van der Waals surface area contributed by atoms with Gasteiger partial charge in [0.05, 0.1) is 53.5 Å². The lowest BCUT2D eigenvalue weighted by atomic mass is 10.1. The minimum Gasteiger partial charge on any atom is -0.389 e. The van der Waals surface area contributed by atoms with Gasteiger partial charge in [0.1, 0.15) is 25.3 Å². The average molecular weight is 407 g/mol. The van der Waals surface area contributed by atoms with E-state index in [0.717, 1.165) is 13.1 Å². The van der Waals surface area contributed by atoms with Crippen molar-refractivity contribution in [2.75, 3.05) is 95.6 Å². The minimum atomic E-state index is -0.772. The second-order valence-electron chi connectivity index (χ2n) is 9.87. The number of rotatable bonds is 14. The summed E-state index contributed by atoms with van der Waals surface area (Å²) < 4.78 is 1.14. The molecule has 0 aliphatic carbocycles. The van der Waals surface area contributed by atoms with Crippen LogP contribution in [0.2, 0.25) is 0 Å². The van der Waals surface area contributed by atoms with Crippen LogP contribution in [-0.2, 0) is 0 Å². The van der Waals surface area contributed by atoms with Crippen molar-refractivity contribution in [3.05, 3.63) is 12.2 Å². The molecule has 8 nitrogen and oxygen atoms in total. The lowest BCUT2D eigenvalue weighted by Gasteiger charge is -2.34. The van der Waals surface area contributed by atoms with Crippen LogP contribution < -0.4 is 0 Å². The van der Waals surface area contributed by atoms with E-state index in [1.807, 2.05) is 66.2 Å². The van der Waals surface area contributed by atoms with Gasteiger partial charge in [0, 0.05) is 13.1 Å². The summed E-state index contributed by atoms with van der Waals surface area (Å²) in [5, 5.41) is 40.5. The molecular formula is C20H46N4O4+2. The number of nitrogens with zero attached hydrogens (tertiary/aromatic N) is 4. The van der Waals surface area contributed by atoms with Gasteiger partial charge in [0.2, 0.25) is 0 Å². The van der Waals surface area contributed by atoms with Crippen molar-refractivity contribution in [1.82, 2.24) is 9.80 Å². The van der Waals surface area contributed by atoms with E-state index in [1.165, 1.54) is 0 Å². The molecule has 0 bridgehead atoms. The molecule has 28 heavy (non-hydrogen) atoms. The first-order valence-corrected chi connectivity index (χ1v) is 9.96. The number of hydrogen-bond donors (Lipinski definition) is 4. The van der Waals surface area contributed by atoms with Crippen LogP contribution in [0, 0.1) is 0 Å². The van der Waals surface area contributed by atoms with Gasteiger partial charge in [-0.05, 0) is 40.3 Å². The fourth-order valence-corrected chi connectivity index (χ4v) is 3.12. The van der Waals surface area contributed by atoms with Gasteiger partial charge in [-0.25, -0.2) is 0 Å². The lowest BCUT2D eigenvalue weighted by molar-refractivity contribution is -0.890. The molecule has 4 unspecified atom stereocenters. The quantitative estimate of drug-likeness (QED) is 0.202. The summed E-state index contributed by atoms with van der Waals surface area (Å²) in [6, 6.07) is 0. The van der Waals surface area contributed by atoms with Crippen LogP contribution in [0.4, 0.5) is 0 Å². The highest BCUT2D eigenvalue weighted by Crippen LogP contribution is 2.07. The Bertz CT molecular complexity index is 415. The van der Waals surface area contributed by atoms with E-state index in [-0.39, 0.29) is 0 Å². The Hall–Kier alpha value is -0.580. The zero-order valence-electron chi connectivity index (χ0n) is 19.3. The summed E-state index contributed by atoms with van der Waals surface area (Å²) >= 11 is 0. The molecule has 4 atom stereocenters. The first-order chi connectivity index (χ1) is 12.6. The molecule has 8 heteroatoms. The van der Waals surface area contributed by atoms with Gasteiger partial charge in [0.25, 0.3) is 0 Å². The van der Waals surface area contributed by atoms with Crippen molar-refractivity contribution < 1.29 is 29.4 Å². The maximum atomic E-state index is 10.2. The van der Waals surface area contributed by atoms with Crippen molar-refractivity contribution in [3.63, 3.8) is 0 Å². The zero-order chi connectivity index (χ0) is 22.1. The third-order valence-electron chi connectivity index (χ3n) is 4.72. The fraction of sp³-hybridized carbons (Fsp3) is 0.900. The van der Waals surface area contributed by atoms with Crippen LogP contribution in [0.5, 0.6) is 0 Å². The topological polar surface area (TPSA) is 87.4 Å². The van der Waals surface area contributed by atoms with Gasteiger partial charge in [-0.3, -0.25) is 0 Å². The normalized spacial score (nSPS) is 18.1. The Morgan fingerprint density at radius 2 is 0.893 bits per heavy atom. The Kier molecular flexibility index (Phi) is 11.9. The Morgan fingerprint density at radius 1 is 0.607 bits per heavy atom. The average Bonchev–Trinajstić information content (AvgIpc) is 2.49. The second kappa shape index (κ2) is 12.2. The van der Waals surface area contributed by atoms with Crippen LogP contribution in [-0.4, -0.2) is 159 Å². The molecule has 0 aromatic rings. The van der Waals surface area contributed by atoms with Crippen molar-refractivity contribution in [1.29, 1.82) is 0 Å². The molecule has 0 aromatic carbocycles. The highest BCUT2D eigenvalue weighted by atomic mass is 16.3. The molecule has 0 heterocycles. The molecule has 0 saturated carbocycles. The van der Waals surface area contributed by atoms with Crippen LogP contribution >= 0.6 is 0 Å². The molecule has 0 aliphatic heterocycles. The van der Waals surface area contributed by atoms with Crippen LogP contribution in [0.15, 0.2) is 12.2 Å². The van der Waals surface area contributed by atoms with Gasteiger partial charge in [-0.2, -0.15) is 0 Å². The predicted molar refractivity (Wildman–Crippen MR) is 114 cm³/mol. The first kappa shape index (κ1) is 27.4. The van der Waals surface area contributed by atoms with Gasteiger partial charge >= 0.3 is 0 Å². The smallest absolute Gasteiger partial charge is 0.130 e. The molecule has 0 rings (SSSR count). The SMILES string of the molecule is CN(C)CC(O)C(O)C[N+](C)(C)C/C=C/C[N+](C)(C)CC(O)C(O)CN(C)C. The fourth-order valence-electron chi connectivity index (χ4n) is 3.12. The molecule has 0 fully saturated rings. The molecule has 0 aliphatic rings. The van der Waals surface area contributed by atoms with Crippen LogP contribution in [0.25, 0.3) is 0 Å². The van der Waals surface area contributed by atoms with E-state index in [9.17, 15) is 20.4 Å². The molecule has 0 radical (unpaired) electrons. The highest BCUT2D eigenvalue weighted by molar-refractivity contribution is 4.82. The molecule has 4 N–H and O–H groups in total. The Balaban J connectivity index is 4.48. The third kappa shape index (κ3) is 12.8. The minimum absolute atomic E-state index is 0.435. The summed E-state index contributed by atoms with van der Waals surface area (Å²) in [4.78, 5) is 3.72. The van der Waals surface area contributed by atoms with E-state index < -0.39 is 24.4 Å². The third-order valence-corrected chi connectivity index (χ3v) is 4.72. The molecule has 0 aromatic heterocycles. The lowest BCUT2D eigenvalue weighted by Crippen LogP contribution is -2.51.